The standard InChI is InChI=1S/C15H27NO3/c1-11(12(2)17)10-15(6-7-15)8-9-16-13(18)19-14(3,4)5/h11H,6-10H2,1-5H3,(H,16,18)/t11-/m1/s1. The van der Waals surface area contributed by atoms with Crippen LogP contribution in [0.5, 0.6) is 0 Å². The van der Waals surface area contributed by atoms with Gasteiger partial charge in [0.05, 0.1) is 0 Å². The minimum Gasteiger partial charge on any atom is -0.444 e. The zero-order chi connectivity index (χ0) is 14.7. The first-order chi connectivity index (χ1) is 8.64. The minimum atomic E-state index is -0.454. The van der Waals surface area contributed by atoms with Crippen LogP contribution < -0.4 is 5.32 Å². The van der Waals surface area contributed by atoms with Crippen LogP contribution in [0.2, 0.25) is 0 Å². The van der Waals surface area contributed by atoms with Crippen molar-refractivity contribution in [2.75, 3.05) is 6.54 Å². The number of nitrogens with one attached hydrogen (secondary N) is 1. The monoisotopic (exact) mass is 269 g/mol. The fourth-order valence-electron chi connectivity index (χ4n) is 2.27. The van der Waals surface area contributed by atoms with Crippen LogP contribution in [0, 0.1) is 11.3 Å². The summed E-state index contributed by atoms with van der Waals surface area (Å²) in [7, 11) is 0. The van der Waals surface area contributed by atoms with E-state index in [1.54, 1.807) is 6.92 Å². The molecule has 4 heteroatoms. The fourth-order valence-corrected chi connectivity index (χ4v) is 2.27. The Bertz CT molecular complexity index is 340. The van der Waals surface area contributed by atoms with E-state index in [0.29, 0.717) is 6.54 Å². The number of rotatable bonds is 6. The van der Waals surface area contributed by atoms with Gasteiger partial charge in [-0.15, -0.1) is 0 Å². The Morgan fingerprint density at radius 1 is 1.32 bits per heavy atom. The largest absolute Gasteiger partial charge is 0.444 e. The highest BCUT2D eigenvalue weighted by atomic mass is 16.6. The maximum absolute atomic E-state index is 11.5. The lowest BCUT2D eigenvalue weighted by atomic mass is 9.88. The van der Waals surface area contributed by atoms with Gasteiger partial charge in [-0.1, -0.05) is 6.92 Å². The summed E-state index contributed by atoms with van der Waals surface area (Å²) >= 11 is 0. The van der Waals surface area contributed by atoms with E-state index in [1.807, 2.05) is 27.7 Å². The molecular formula is C15H27NO3. The smallest absolute Gasteiger partial charge is 0.407 e. The van der Waals surface area contributed by atoms with Gasteiger partial charge >= 0.3 is 6.09 Å². The molecule has 19 heavy (non-hydrogen) atoms. The van der Waals surface area contributed by atoms with Gasteiger partial charge < -0.3 is 10.1 Å². The Labute approximate surface area is 116 Å². The number of ketones is 1. The van der Waals surface area contributed by atoms with Crippen LogP contribution in [0.25, 0.3) is 0 Å². The summed E-state index contributed by atoms with van der Waals surface area (Å²) in [5.41, 5.74) is -0.176. The summed E-state index contributed by atoms with van der Waals surface area (Å²) in [5, 5.41) is 2.79. The van der Waals surface area contributed by atoms with E-state index >= 15 is 0 Å². The Morgan fingerprint density at radius 3 is 2.32 bits per heavy atom. The van der Waals surface area contributed by atoms with Crippen molar-refractivity contribution in [2.45, 2.75) is 65.9 Å². The van der Waals surface area contributed by atoms with Crippen LogP contribution in [0.15, 0.2) is 0 Å². The number of Topliss-reactive ketones (excluding diaryl/α,β-unsaturated/α-hetero) is 1. The van der Waals surface area contributed by atoms with Crippen LogP contribution in [0.3, 0.4) is 0 Å². The molecule has 0 aromatic rings. The maximum Gasteiger partial charge on any atom is 0.407 e. The lowest BCUT2D eigenvalue weighted by Crippen LogP contribution is -2.33. The summed E-state index contributed by atoms with van der Waals surface area (Å²) in [4.78, 5) is 22.8. The van der Waals surface area contributed by atoms with Gasteiger partial charge in [0.25, 0.3) is 0 Å². The second-order valence-corrected chi connectivity index (χ2v) is 6.89. The van der Waals surface area contributed by atoms with Gasteiger partial charge in [-0.05, 0) is 58.8 Å². The second-order valence-electron chi connectivity index (χ2n) is 6.89. The number of amides is 1. The Kier molecular flexibility index (Phi) is 4.99. The number of alkyl carbamates (subject to hydrolysis) is 1. The molecule has 1 N–H and O–H groups in total. The molecule has 1 fully saturated rings. The highest BCUT2D eigenvalue weighted by molar-refractivity contribution is 5.77. The molecule has 0 spiro atoms. The number of hydrogen-bond donors (Lipinski definition) is 1. The van der Waals surface area contributed by atoms with Crippen molar-refractivity contribution in [3.05, 3.63) is 0 Å². The molecule has 0 bridgehead atoms. The normalized spacial score (nSPS) is 18.6. The molecule has 1 aliphatic carbocycles. The summed E-state index contributed by atoms with van der Waals surface area (Å²) in [6.45, 7) is 9.82. The van der Waals surface area contributed by atoms with Gasteiger partial charge in [0.1, 0.15) is 11.4 Å². The van der Waals surface area contributed by atoms with Crippen LogP contribution in [0.4, 0.5) is 4.79 Å². The summed E-state index contributed by atoms with van der Waals surface area (Å²) < 4.78 is 5.19. The number of ether oxygens (including phenoxy) is 1. The average molecular weight is 269 g/mol. The van der Waals surface area contributed by atoms with Crippen molar-refractivity contribution in [1.29, 1.82) is 0 Å². The third-order valence-corrected chi connectivity index (χ3v) is 3.71. The van der Waals surface area contributed by atoms with Crippen LogP contribution >= 0.6 is 0 Å². The molecule has 0 aromatic carbocycles. The third-order valence-electron chi connectivity index (χ3n) is 3.71. The fraction of sp³-hybridized carbons (Fsp3) is 0.867. The van der Waals surface area contributed by atoms with Gasteiger partial charge in [-0.25, -0.2) is 4.79 Å². The maximum atomic E-state index is 11.5. The molecule has 0 aromatic heterocycles. The first-order valence-electron chi connectivity index (χ1n) is 7.11. The van der Waals surface area contributed by atoms with E-state index in [0.717, 1.165) is 12.8 Å². The average Bonchev–Trinajstić information content (AvgIpc) is 2.95. The predicted octanol–water partition coefficient (Wildman–Crippen LogP) is 3.30. The van der Waals surface area contributed by atoms with E-state index in [-0.39, 0.29) is 23.2 Å². The van der Waals surface area contributed by atoms with E-state index in [2.05, 4.69) is 5.32 Å². The zero-order valence-electron chi connectivity index (χ0n) is 12.8. The first-order valence-corrected chi connectivity index (χ1v) is 7.11. The molecule has 0 radical (unpaired) electrons. The van der Waals surface area contributed by atoms with E-state index in [9.17, 15) is 9.59 Å². The van der Waals surface area contributed by atoms with Crippen molar-refractivity contribution in [3.63, 3.8) is 0 Å². The third kappa shape index (κ3) is 6.08. The van der Waals surface area contributed by atoms with Crippen molar-refractivity contribution in [3.8, 4) is 0 Å². The van der Waals surface area contributed by atoms with E-state index < -0.39 is 5.60 Å². The quantitative estimate of drug-likeness (QED) is 0.805. The molecule has 1 rings (SSSR count). The first kappa shape index (κ1) is 16.0. The molecule has 1 amide bonds. The number of hydrogen-bond acceptors (Lipinski definition) is 3. The van der Waals surface area contributed by atoms with Gasteiger partial charge in [0.2, 0.25) is 0 Å². The lowest BCUT2D eigenvalue weighted by molar-refractivity contribution is -0.120. The van der Waals surface area contributed by atoms with Gasteiger partial charge in [0.15, 0.2) is 0 Å². The molecule has 1 atom stereocenters. The van der Waals surface area contributed by atoms with Crippen molar-refractivity contribution in [1.82, 2.24) is 5.32 Å². The molecule has 4 nitrogen and oxygen atoms in total. The number of carbonyl (C=O) groups is 2. The van der Waals surface area contributed by atoms with Crippen LogP contribution in [0.1, 0.15) is 60.3 Å². The van der Waals surface area contributed by atoms with Crippen molar-refractivity contribution >= 4 is 11.9 Å². The summed E-state index contributed by atoms with van der Waals surface area (Å²) in [6.07, 6.45) is 3.85. The predicted molar refractivity (Wildman–Crippen MR) is 75.0 cm³/mol. The van der Waals surface area contributed by atoms with E-state index in [4.69, 9.17) is 4.74 Å². The number of carbonyl (C=O) groups excluding carboxylic acids is 2. The lowest BCUT2D eigenvalue weighted by Gasteiger charge is -2.21. The van der Waals surface area contributed by atoms with Gasteiger partial charge in [-0.3, -0.25) is 4.79 Å². The van der Waals surface area contributed by atoms with Gasteiger partial charge in [-0.2, -0.15) is 0 Å². The molecule has 1 aliphatic rings. The topological polar surface area (TPSA) is 55.4 Å². The SMILES string of the molecule is CC(=O)[C@H](C)CC1(CCNC(=O)OC(C)(C)C)CC1. The minimum absolute atomic E-state index is 0.129. The second kappa shape index (κ2) is 5.93. The zero-order valence-corrected chi connectivity index (χ0v) is 12.8. The van der Waals surface area contributed by atoms with E-state index in [1.165, 1.54) is 12.8 Å². The molecule has 0 saturated heterocycles. The molecule has 0 aliphatic heterocycles. The highest BCUT2D eigenvalue weighted by Crippen LogP contribution is 2.53. The Hall–Kier alpha value is -1.06. The van der Waals surface area contributed by atoms with Crippen molar-refractivity contribution in [2.24, 2.45) is 11.3 Å². The van der Waals surface area contributed by atoms with Crippen LogP contribution in [-0.4, -0.2) is 24.0 Å². The Balaban J connectivity index is 2.26. The molecule has 1 saturated carbocycles. The van der Waals surface area contributed by atoms with Crippen LogP contribution in [-0.2, 0) is 9.53 Å². The molecule has 0 heterocycles. The Morgan fingerprint density at radius 2 is 1.89 bits per heavy atom. The molecule has 110 valence electrons. The molecule has 0 unspecified atom stereocenters. The van der Waals surface area contributed by atoms with Crippen molar-refractivity contribution < 1.29 is 14.3 Å². The van der Waals surface area contributed by atoms with Gasteiger partial charge in [0, 0.05) is 12.5 Å². The summed E-state index contributed by atoms with van der Waals surface area (Å²) in [6, 6.07) is 0. The molecular weight excluding hydrogens is 242 g/mol. The summed E-state index contributed by atoms with van der Waals surface area (Å²) in [5.74, 6) is 0.385. The highest BCUT2D eigenvalue weighted by Gasteiger charge is 2.43.